The summed E-state index contributed by atoms with van der Waals surface area (Å²) in [4.78, 5) is 22.7. The predicted molar refractivity (Wildman–Crippen MR) is 88.6 cm³/mol. The zero-order valence-corrected chi connectivity index (χ0v) is 12.8. The number of anilines is 2. The van der Waals surface area contributed by atoms with Crippen LogP contribution >= 0.6 is 0 Å². The smallest absolute Gasteiger partial charge is 0.358 e. The number of hydrazone groups is 1. The van der Waals surface area contributed by atoms with Gasteiger partial charge in [0.1, 0.15) is 19.0 Å². The van der Waals surface area contributed by atoms with E-state index in [-0.39, 0.29) is 24.6 Å². The molecule has 1 aliphatic rings. The molecular formula is C15H12FN5O4. The van der Waals surface area contributed by atoms with E-state index in [0.717, 1.165) is 0 Å². The van der Waals surface area contributed by atoms with E-state index in [1.165, 1.54) is 46.3 Å². The van der Waals surface area contributed by atoms with Gasteiger partial charge in [0.25, 0.3) is 5.69 Å². The highest BCUT2D eigenvalue weighted by atomic mass is 19.1. The molecule has 0 amide bonds. The lowest BCUT2D eigenvalue weighted by molar-refractivity contribution is -0.384. The van der Waals surface area contributed by atoms with Gasteiger partial charge in [-0.25, -0.2) is 4.39 Å². The Balaban J connectivity index is 2.03. The predicted octanol–water partition coefficient (Wildman–Crippen LogP) is 2.61. The molecule has 0 saturated heterocycles. The third-order valence-electron chi connectivity index (χ3n) is 3.61. The molecule has 1 heterocycles. The molecule has 0 unspecified atom stereocenters. The van der Waals surface area contributed by atoms with E-state index >= 15 is 0 Å². The van der Waals surface area contributed by atoms with Crippen molar-refractivity contribution in [1.82, 2.24) is 0 Å². The Morgan fingerprint density at radius 3 is 2.48 bits per heavy atom. The van der Waals surface area contributed by atoms with E-state index in [2.05, 4.69) is 5.10 Å². The Morgan fingerprint density at radius 2 is 1.80 bits per heavy atom. The van der Waals surface area contributed by atoms with Crippen LogP contribution in [0.25, 0.3) is 0 Å². The molecule has 0 bridgehead atoms. The van der Waals surface area contributed by atoms with Crippen molar-refractivity contribution in [1.29, 1.82) is 0 Å². The van der Waals surface area contributed by atoms with E-state index in [4.69, 9.17) is 0 Å². The topological polar surface area (TPSA) is 105 Å². The van der Waals surface area contributed by atoms with Gasteiger partial charge in [-0.05, 0) is 29.2 Å². The fourth-order valence-corrected chi connectivity index (χ4v) is 2.49. The number of hydrogen-bond donors (Lipinski definition) is 0. The molecule has 3 rings (SSSR count). The summed E-state index contributed by atoms with van der Waals surface area (Å²) >= 11 is 0. The highest BCUT2D eigenvalue weighted by Gasteiger charge is 2.33. The van der Waals surface area contributed by atoms with Crippen LogP contribution in [0.2, 0.25) is 0 Å². The Hall–Kier alpha value is -3.56. The minimum Gasteiger partial charge on any atom is -0.358 e. The van der Waals surface area contributed by atoms with E-state index in [9.17, 15) is 24.6 Å². The summed E-state index contributed by atoms with van der Waals surface area (Å²) in [5.41, 5.74) is 0.306. The highest BCUT2D eigenvalue weighted by Crippen LogP contribution is 2.30. The van der Waals surface area contributed by atoms with E-state index in [0.29, 0.717) is 5.69 Å². The number of nitrogens with zero attached hydrogens (tertiary/aromatic N) is 5. The molecule has 0 spiro atoms. The molecule has 2 aromatic carbocycles. The van der Waals surface area contributed by atoms with E-state index in [1.807, 2.05) is 0 Å². The second-order valence-electron chi connectivity index (χ2n) is 5.24. The lowest BCUT2D eigenvalue weighted by Crippen LogP contribution is -2.46. The molecule has 2 aromatic rings. The fourth-order valence-electron chi connectivity index (χ4n) is 2.49. The Bertz CT molecular complexity index is 873. The summed E-state index contributed by atoms with van der Waals surface area (Å²) in [5.74, 6) is -0.881. The lowest BCUT2D eigenvalue weighted by Gasteiger charge is -2.29. The number of amidine groups is 1. The van der Waals surface area contributed by atoms with Crippen LogP contribution in [0.4, 0.5) is 21.5 Å². The number of nitro groups is 2. The maximum Gasteiger partial charge on any atom is 0.383 e. The first-order valence-electron chi connectivity index (χ1n) is 7.19. The second kappa shape index (κ2) is 6.51. The molecule has 0 atom stereocenters. The van der Waals surface area contributed by atoms with E-state index < -0.39 is 21.5 Å². The van der Waals surface area contributed by atoms with Gasteiger partial charge in [-0.3, -0.25) is 10.1 Å². The van der Waals surface area contributed by atoms with Crippen molar-refractivity contribution in [3.05, 3.63) is 74.6 Å². The van der Waals surface area contributed by atoms with Gasteiger partial charge in [-0.2, -0.15) is 0 Å². The number of hydrogen-bond acceptors (Lipinski definition) is 7. The highest BCUT2D eigenvalue weighted by molar-refractivity contribution is 5.83. The van der Waals surface area contributed by atoms with Gasteiger partial charge < -0.3 is 15.0 Å². The van der Waals surface area contributed by atoms with Crippen LogP contribution in [-0.2, 0) is 0 Å². The maximum atomic E-state index is 13.5. The summed E-state index contributed by atoms with van der Waals surface area (Å²) < 4.78 is 13.5. The van der Waals surface area contributed by atoms with Crippen LogP contribution in [-0.4, -0.2) is 28.9 Å². The first-order valence-corrected chi connectivity index (χ1v) is 7.19. The van der Waals surface area contributed by atoms with Crippen LogP contribution in [0.3, 0.4) is 0 Å². The average Bonchev–Trinajstić information content (AvgIpc) is 2.61. The van der Waals surface area contributed by atoms with Crippen LogP contribution in [0, 0.1) is 26.0 Å². The fraction of sp³-hybridized carbons (Fsp3) is 0.133. The van der Waals surface area contributed by atoms with Crippen molar-refractivity contribution in [2.24, 2.45) is 5.10 Å². The van der Waals surface area contributed by atoms with Crippen LogP contribution in [0.5, 0.6) is 0 Å². The molecule has 0 aliphatic carbocycles. The third-order valence-corrected chi connectivity index (χ3v) is 3.61. The number of halogens is 1. The van der Waals surface area contributed by atoms with Crippen molar-refractivity contribution in [3.8, 4) is 0 Å². The molecule has 1 aliphatic heterocycles. The molecule has 0 saturated carbocycles. The van der Waals surface area contributed by atoms with Crippen molar-refractivity contribution in [3.63, 3.8) is 0 Å². The van der Waals surface area contributed by atoms with Gasteiger partial charge in [0.2, 0.25) is 0 Å². The molecular weight excluding hydrogens is 333 g/mol. The van der Waals surface area contributed by atoms with Crippen molar-refractivity contribution < 1.29 is 14.2 Å². The number of nitro benzene ring substituents is 1. The molecule has 0 radical (unpaired) electrons. The second-order valence-corrected chi connectivity index (χ2v) is 5.24. The zero-order chi connectivity index (χ0) is 18.0. The van der Waals surface area contributed by atoms with Gasteiger partial charge in [-0.15, -0.1) is 5.01 Å². The SMILES string of the molecule is O=[N+]([O-])C1=NN(c2ccccc2[N+](=O)[O-])CN(c2cccc(F)c2)C1. The van der Waals surface area contributed by atoms with Crippen LogP contribution in [0.15, 0.2) is 53.6 Å². The summed E-state index contributed by atoms with van der Waals surface area (Å²) in [7, 11) is 0. The van der Waals surface area contributed by atoms with Gasteiger partial charge in [0, 0.05) is 11.8 Å². The third kappa shape index (κ3) is 3.37. The standard InChI is InChI=1S/C15H12FN5O4/c16-11-4-3-5-12(8-11)18-9-15(21(24)25)17-19(10-18)13-6-1-2-7-14(13)20(22)23/h1-8H,9-10H2. The van der Waals surface area contributed by atoms with Crippen LogP contribution < -0.4 is 9.91 Å². The Morgan fingerprint density at radius 1 is 1.04 bits per heavy atom. The van der Waals surface area contributed by atoms with Crippen molar-refractivity contribution in [2.75, 3.05) is 23.1 Å². The number of para-hydroxylation sites is 2. The normalized spacial score (nSPS) is 14.2. The summed E-state index contributed by atoms with van der Waals surface area (Å²) in [5, 5.41) is 27.5. The van der Waals surface area contributed by atoms with Crippen LogP contribution in [0.1, 0.15) is 0 Å². The summed E-state index contributed by atoms with van der Waals surface area (Å²) in [6.45, 7) is -0.140. The first kappa shape index (κ1) is 16.3. The van der Waals surface area contributed by atoms with Crippen molar-refractivity contribution >= 4 is 22.9 Å². The Kier molecular flexibility index (Phi) is 4.25. The first-order chi connectivity index (χ1) is 12.0. The average molecular weight is 345 g/mol. The van der Waals surface area contributed by atoms with Crippen molar-refractivity contribution in [2.45, 2.75) is 0 Å². The molecule has 10 heteroatoms. The molecule has 0 fully saturated rings. The van der Waals surface area contributed by atoms with Gasteiger partial charge >= 0.3 is 5.84 Å². The maximum absolute atomic E-state index is 13.5. The quantitative estimate of drug-likeness (QED) is 0.625. The largest absolute Gasteiger partial charge is 0.383 e. The summed E-state index contributed by atoms with van der Waals surface area (Å²) in [6.07, 6.45) is 0. The van der Waals surface area contributed by atoms with Gasteiger partial charge in [0.05, 0.1) is 10.0 Å². The molecule has 25 heavy (non-hydrogen) atoms. The zero-order valence-electron chi connectivity index (χ0n) is 12.8. The lowest BCUT2D eigenvalue weighted by atomic mass is 10.2. The molecule has 0 aromatic heterocycles. The van der Waals surface area contributed by atoms with E-state index in [1.54, 1.807) is 12.1 Å². The van der Waals surface area contributed by atoms with Gasteiger partial charge in [0.15, 0.2) is 5.69 Å². The minimum atomic E-state index is -0.659. The monoisotopic (exact) mass is 345 g/mol. The summed E-state index contributed by atoms with van der Waals surface area (Å²) in [6, 6.07) is 11.4. The minimum absolute atomic E-state index is 0.00560. The Labute approximate surface area is 140 Å². The molecule has 128 valence electrons. The molecule has 0 N–H and O–H groups in total. The van der Waals surface area contributed by atoms with Gasteiger partial charge in [-0.1, -0.05) is 18.2 Å². The number of rotatable bonds is 3. The molecule has 9 nitrogen and oxygen atoms in total. The number of benzene rings is 2.